The van der Waals surface area contributed by atoms with Gasteiger partial charge >= 0.3 is 0 Å². The fourth-order valence-corrected chi connectivity index (χ4v) is 9.71. The maximum absolute atomic E-state index is 9.29. The molecule has 1 aromatic rings. The van der Waals surface area contributed by atoms with Crippen LogP contribution in [0.1, 0.15) is 97.5 Å². The van der Waals surface area contributed by atoms with E-state index in [0.29, 0.717) is 16.9 Å². The van der Waals surface area contributed by atoms with E-state index in [1.165, 1.54) is 64.2 Å². The number of nitriles is 1. The summed E-state index contributed by atoms with van der Waals surface area (Å²) in [5.41, 5.74) is 2.96. The van der Waals surface area contributed by atoms with Gasteiger partial charge in [0.1, 0.15) is 0 Å². The second-order valence-corrected chi connectivity index (χ2v) is 12.8. The third kappa shape index (κ3) is 3.69. The fraction of sp³-hybridized carbons (Fsp3) is 0.767. The first-order valence-electron chi connectivity index (χ1n) is 13.6. The molecule has 174 valence electrons. The Bertz CT molecular complexity index is 870. The van der Waals surface area contributed by atoms with Gasteiger partial charge in [-0.1, -0.05) is 39.7 Å². The van der Waals surface area contributed by atoms with Crippen molar-refractivity contribution in [3.05, 3.63) is 29.8 Å². The Morgan fingerprint density at radius 2 is 1.78 bits per heavy atom. The molecule has 32 heavy (non-hydrogen) atoms. The van der Waals surface area contributed by atoms with E-state index in [0.717, 1.165) is 46.8 Å². The number of nitrogens with one attached hydrogen (secondary N) is 1. The summed E-state index contributed by atoms with van der Waals surface area (Å²) in [7, 11) is 0. The first-order chi connectivity index (χ1) is 15.3. The topological polar surface area (TPSA) is 35.8 Å². The molecule has 2 heteroatoms. The van der Waals surface area contributed by atoms with E-state index in [-0.39, 0.29) is 0 Å². The van der Waals surface area contributed by atoms with Gasteiger partial charge in [-0.15, -0.1) is 0 Å². The van der Waals surface area contributed by atoms with Crippen LogP contribution in [0.3, 0.4) is 0 Å². The van der Waals surface area contributed by atoms with Gasteiger partial charge in [0.05, 0.1) is 11.6 Å². The molecule has 2 unspecified atom stereocenters. The first kappa shape index (κ1) is 22.3. The second kappa shape index (κ2) is 8.38. The summed E-state index contributed by atoms with van der Waals surface area (Å²) in [6.45, 7) is 10.2. The predicted molar refractivity (Wildman–Crippen MR) is 133 cm³/mol. The Kier molecular flexibility index (Phi) is 5.84. The molecular formula is C30H44N2. The van der Waals surface area contributed by atoms with Crippen LogP contribution in [0.5, 0.6) is 0 Å². The lowest BCUT2D eigenvalue weighted by atomic mass is 9.42. The lowest BCUT2D eigenvalue weighted by Crippen LogP contribution is -2.56. The normalized spacial score (nSPS) is 44.3. The Hall–Kier alpha value is -1.49. The monoisotopic (exact) mass is 432 g/mol. The van der Waals surface area contributed by atoms with Crippen molar-refractivity contribution in [1.29, 1.82) is 5.26 Å². The minimum Gasteiger partial charge on any atom is -0.382 e. The van der Waals surface area contributed by atoms with E-state index in [2.05, 4.69) is 45.1 Å². The van der Waals surface area contributed by atoms with Crippen molar-refractivity contribution in [2.45, 2.75) is 97.9 Å². The molecule has 5 rings (SSSR count). The van der Waals surface area contributed by atoms with Gasteiger partial charge in [0.25, 0.3) is 0 Å². The van der Waals surface area contributed by atoms with Crippen molar-refractivity contribution >= 4 is 5.69 Å². The minimum absolute atomic E-state index is 0.456. The molecule has 0 heterocycles. The molecule has 1 N–H and O–H groups in total. The Labute approximate surface area is 196 Å². The van der Waals surface area contributed by atoms with Crippen LogP contribution >= 0.6 is 0 Å². The number of hydrogen-bond acceptors (Lipinski definition) is 2. The summed E-state index contributed by atoms with van der Waals surface area (Å²) in [5.74, 6) is 5.54. The first-order valence-corrected chi connectivity index (χ1v) is 13.6. The zero-order valence-corrected chi connectivity index (χ0v) is 20.9. The second-order valence-electron chi connectivity index (χ2n) is 12.8. The summed E-state index contributed by atoms with van der Waals surface area (Å²) in [4.78, 5) is 0. The molecule has 4 saturated carbocycles. The van der Waals surface area contributed by atoms with Gasteiger partial charge in [-0.2, -0.15) is 5.26 Å². The van der Waals surface area contributed by atoms with Crippen LogP contribution in [0, 0.1) is 57.7 Å². The van der Waals surface area contributed by atoms with E-state index in [9.17, 15) is 5.26 Å². The maximum atomic E-state index is 9.29. The molecule has 9 atom stereocenters. The lowest BCUT2D eigenvalue weighted by Gasteiger charge is -2.63. The third-order valence-electron chi connectivity index (χ3n) is 11.0. The van der Waals surface area contributed by atoms with Crippen molar-refractivity contribution in [2.24, 2.45) is 46.3 Å². The summed E-state index contributed by atoms with van der Waals surface area (Å²) in [6, 6.07) is 10.8. The fourth-order valence-electron chi connectivity index (χ4n) is 9.71. The standard InChI is InChI=1S/C30H44N2/c1-20-11-12-27-24-14-16-30(4)26(21(2)32-23-8-5-7-22(17-23)19-31)9-6-10-28(30)25(24)13-15-29(27,3)18-20/h5,7-8,17,20-21,24-28,32H,6,9-16,18H2,1-4H3/t20-,21-,24?,25+,26+,27+,28?,29+,30+/m0/s1. The van der Waals surface area contributed by atoms with Gasteiger partial charge in [-0.25, -0.2) is 0 Å². The smallest absolute Gasteiger partial charge is 0.0992 e. The highest BCUT2D eigenvalue weighted by Crippen LogP contribution is 2.66. The van der Waals surface area contributed by atoms with Crippen LogP contribution in [0.25, 0.3) is 0 Å². The summed E-state index contributed by atoms with van der Waals surface area (Å²) < 4.78 is 0. The third-order valence-corrected chi connectivity index (χ3v) is 11.0. The van der Waals surface area contributed by atoms with Crippen molar-refractivity contribution in [2.75, 3.05) is 5.32 Å². The van der Waals surface area contributed by atoms with E-state index in [1.807, 2.05) is 18.2 Å². The van der Waals surface area contributed by atoms with Gasteiger partial charge in [0, 0.05) is 11.7 Å². The number of fused-ring (bicyclic) bond motifs is 5. The lowest BCUT2D eigenvalue weighted by molar-refractivity contribution is -0.134. The molecule has 0 amide bonds. The Morgan fingerprint density at radius 3 is 2.59 bits per heavy atom. The molecule has 4 aliphatic carbocycles. The highest BCUT2D eigenvalue weighted by molar-refractivity contribution is 5.49. The van der Waals surface area contributed by atoms with Gasteiger partial charge in [-0.05, 0) is 123 Å². The van der Waals surface area contributed by atoms with Gasteiger partial charge in [0.15, 0.2) is 0 Å². The molecule has 4 aliphatic rings. The largest absolute Gasteiger partial charge is 0.382 e. The quantitative estimate of drug-likeness (QED) is 0.524. The van der Waals surface area contributed by atoms with Crippen LogP contribution in [-0.4, -0.2) is 6.04 Å². The number of benzene rings is 1. The Morgan fingerprint density at radius 1 is 1.00 bits per heavy atom. The zero-order chi connectivity index (χ0) is 22.5. The molecule has 0 bridgehead atoms. The highest BCUT2D eigenvalue weighted by atomic mass is 14.9. The van der Waals surface area contributed by atoms with Gasteiger partial charge in [0.2, 0.25) is 0 Å². The number of anilines is 1. The molecule has 1 aromatic carbocycles. The Balaban J connectivity index is 1.35. The summed E-state index contributed by atoms with van der Waals surface area (Å²) in [6.07, 6.45) is 14.5. The van der Waals surface area contributed by atoms with Gasteiger partial charge < -0.3 is 5.32 Å². The number of nitrogens with zero attached hydrogens (tertiary/aromatic N) is 1. The molecule has 0 aromatic heterocycles. The van der Waals surface area contributed by atoms with Crippen molar-refractivity contribution < 1.29 is 0 Å². The minimum atomic E-state index is 0.456. The van der Waals surface area contributed by atoms with Crippen molar-refractivity contribution in [3.8, 4) is 6.07 Å². The molecular weight excluding hydrogens is 388 g/mol. The average Bonchev–Trinajstić information content (AvgIpc) is 2.77. The van der Waals surface area contributed by atoms with E-state index >= 15 is 0 Å². The van der Waals surface area contributed by atoms with E-state index in [4.69, 9.17) is 0 Å². The van der Waals surface area contributed by atoms with Gasteiger partial charge in [-0.3, -0.25) is 0 Å². The molecule has 0 spiro atoms. The molecule has 4 fully saturated rings. The van der Waals surface area contributed by atoms with Crippen molar-refractivity contribution in [3.63, 3.8) is 0 Å². The molecule has 0 saturated heterocycles. The SMILES string of the molecule is C[C@H]1CC[C@@H]2C3CC[C@@]4(C)C(CCC[C@@H]4[C@H](C)Nc4cccc(C#N)c4)[C@@H]3CC[C@]2(C)C1. The number of rotatable bonds is 3. The molecule has 2 nitrogen and oxygen atoms in total. The highest BCUT2D eigenvalue weighted by Gasteiger charge is 2.58. The predicted octanol–water partition coefficient (Wildman–Crippen LogP) is 8.04. The summed E-state index contributed by atoms with van der Waals surface area (Å²) in [5, 5.41) is 13.1. The van der Waals surface area contributed by atoms with Crippen molar-refractivity contribution in [1.82, 2.24) is 0 Å². The molecule has 0 aliphatic heterocycles. The van der Waals surface area contributed by atoms with Crippen LogP contribution in [0.15, 0.2) is 24.3 Å². The van der Waals surface area contributed by atoms with Crippen LogP contribution in [0.2, 0.25) is 0 Å². The van der Waals surface area contributed by atoms with Crippen LogP contribution in [0.4, 0.5) is 5.69 Å². The molecule has 0 radical (unpaired) electrons. The van der Waals surface area contributed by atoms with E-state index < -0.39 is 0 Å². The summed E-state index contributed by atoms with van der Waals surface area (Å²) >= 11 is 0. The zero-order valence-electron chi connectivity index (χ0n) is 20.9. The average molecular weight is 433 g/mol. The number of hydrogen-bond donors (Lipinski definition) is 1. The van der Waals surface area contributed by atoms with Crippen LogP contribution < -0.4 is 5.32 Å². The van der Waals surface area contributed by atoms with Crippen LogP contribution in [-0.2, 0) is 0 Å². The maximum Gasteiger partial charge on any atom is 0.0992 e. The van der Waals surface area contributed by atoms with E-state index in [1.54, 1.807) is 0 Å².